The molecule has 0 fully saturated rings. The number of fused-ring (bicyclic) bond motifs is 1. The van der Waals surface area contributed by atoms with Crippen molar-refractivity contribution < 1.29 is 0 Å². The third-order valence-electron chi connectivity index (χ3n) is 3.23. The first kappa shape index (κ1) is 12.0. The van der Waals surface area contributed by atoms with Crippen LogP contribution in [0.15, 0.2) is 48.8 Å². The van der Waals surface area contributed by atoms with Crippen LogP contribution in [0.4, 0.5) is 0 Å². The Morgan fingerprint density at radius 2 is 2.00 bits per heavy atom. The van der Waals surface area contributed by atoms with Crippen LogP contribution in [0.3, 0.4) is 0 Å². The lowest BCUT2D eigenvalue weighted by Gasteiger charge is -2.06. The van der Waals surface area contributed by atoms with Gasteiger partial charge in [-0.05, 0) is 35.9 Å². The van der Waals surface area contributed by atoms with E-state index < -0.39 is 0 Å². The van der Waals surface area contributed by atoms with Gasteiger partial charge in [-0.3, -0.25) is 0 Å². The van der Waals surface area contributed by atoms with Crippen LogP contribution >= 0.6 is 0 Å². The fourth-order valence-corrected chi connectivity index (χ4v) is 2.29. The van der Waals surface area contributed by atoms with Crippen molar-refractivity contribution in [2.75, 3.05) is 0 Å². The van der Waals surface area contributed by atoms with Gasteiger partial charge in [-0.2, -0.15) is 10.5 Å². The van der Waals surface area contributed by atoms with E-state index in [0.717, 1.165) is 16.5 Å². The van der Waals surface area contributed by atoms with Crippen molar-refractivity contribution in [3.63, 3.8) is 0 Å². The number of nitrogens with zero attached hydrogens (tertiary/aromatic N) is 4. The van der Waals surface area contributed by atoms with E-state index in [4.69, 9.17) is 10.5 Å². The summed E-state index contributed by atoms with van der Waals surface area (Å²) >= 11 is 0. The lowest BCUT2D eigenvalue weighted by Crippen LogP contribution is -1.99. The van der Waals surface area contributed by atoms with E-state index >= 15 is 0 Å². The Bertz CT molecular complexity index is 862. The molecule has 2 aromatic heterocycles. The molecule has 0 radical (unpaired) electrons. The predicted molar refractivity (Wildman–Crippen MR) is 74.7 cm³/mol. The molecule has 0 bridgehead atoms. The fraction of sp³-hybridized carbons (Fsp3) is 0.0625. The molecule has 0 spiro atoms. The number of hydrogen-bond acceptors (Lipinski definition) is 3. The van der Waals surface area contributed by atoms with Gasteiger partial charge in [0.2, 0.25) is 0 Å². The molecule has 20 heavy (non-hydrogen) atoms. The SMILES string of the molecule is N#Cc1cc(Cn2ccc3c(C#N)cccc32)ccn1. The molecule has 0 unspecified atom stereocenters. The summed E-state index contributed by atoms with van der Waals surface area (Å²) in [5.41, 5.74) is 3.11. The second kappa shape index (κ2) is 4.87. The van der Waals surface area contributed by atoms with Gasteiger partial charge < -0.3 is 4.57 Å². The molecule has 0 aliphatic rings. The Labute approximate surface area is 116 Å². The minimum absolute atomic E-state index is 0.414. The first-order chi connectivity index (χ1) is 9.81. The molecule has 2 heterocycles. The van der Waals surface area contributed by atoms with E-state index in [1.54, 1.807) is 12.3 Å². The number of pyridine rings is 1. The molecule has 3 aromatic rings. The molecule has 94 valence electrons. The highest BCUT2D eigenvalue weighted by atomic mass is 14.9. The van der Waals surface area contributed by atoms with E-state index in [9.17, 15) is 0 Å². The van der Waals surface area contributed by atoms with Gasteiger partial charge in [0.25, 0.3) is 0 Å². The van der Waals surface area contributed by atoms with Gasteiger partial charge >= 0.3 is 0 Å². The molecule has 0 saturated heterocycles. The van der Waals surface area contributed by atoms with Gasteiger partial charge in [0.1, 0.15) is 11.8 Å². The van der Waals surface area contributed by atoms with E-state index in [1.165, 1.54) is 0 Å². The monoisotopic (exact) mass is 258 g/mol. The zero-order valence-corrected chi connectivity index (χ0v) is 10.6. The van der Waals surface area contributed by atoms with Gasteiger partial charge in [-0.25, -0.2) is 4.98 Å². The van der Waals surface area contributed by atoms with Gasteiger partial charge in [-0.15, -0.1) is 0 Å². The summed E-state index contributed by atoms with van der Waals surface area (Å²) in [4.78, 5) is 3.96. The smallest absolute Gasteiger partial charge is 0.140 e. The van der Waals surface area contributed by atoms with Crippen LogP contribution in [-0.2, 0) is 6.54 Å². The summed E-state index contributed by atoms with van der Waals surface area (Å²) < 4.78 is 2.06. The number of nitriles is 2. The number of benzene rings is 1. The predicted octanol–water partition coefficient (Wildman–Crippen LogP) is 2.83. The summed E-state index contributed by atoms with van der Waals surface area (Å²) in [6.45, 7) is 0.648. The number of rotatable bonds is 2. The number of aromatic nitrogens is 2. The van der Waals surface area contributed by atoms with Crippen molar-refractivity contribution in [3.8, 4) is 12.1 Å². The molecule has 4 heteroatoms. The van der Waals surface area contributed by atoms with Crippen molar-refractivity contribution >= 4 is 10.9 Å². The minimum Gasteiger partial charge on any atom is -0.343 e. The summed E-state index contributed by atoms with van der Waals surface area (Å²) in [5, 5.41) is 18.9. The maximum Gasteiger partial charge on any atom is 0.140 e. The highest BCUT2D eigenvalue weighted by molar-refractivity contribution is 5.86. The van der Waals surface area contributed by atoms with Crippen molar-refractivity contribution in [2.24, 2.45) is 0 Å². The Morgan fingerprint density at radius 3 is 2.80 bits per heavy atom. The molecule has 0 N–H and O–H groups in total. The maximum absolute atomic E-state index is 9.10. The summed E-state index contributed by atoms with van der Waals surface area (Å²) in [6.07, 6.45) is 3.60. The molecular weight excluding hydrogens is 248 g/mol. The summed E-state index contributed by atoms with van der Waals surface area (Å²) in [5.74, 6) is 0. The van der Waals surface area contributed by atoms with Crippen LogP contribution in [0, 0.1) is 22.7 Å². The minimum atomic E-state index is 0.414. The summed E-state index contributed by atoms with van der Waals surface area (Å²) in [7, 11) is 0. The van der Waals surface area contributed by atoms with Gasteiger partial charge in [-0.1, -0.05) is 6.07 Å². The molecule has 3 rings (SSSR count). The lowest BCUT2D eigenvalue weighted by molar-refractivity contribution is 0.834. The topological polar surface area (TPSA) is 65.4 Å². The summed E-state index contributed by atoms with van der Waals surface area (Å²) in [6, 6.07) is 15.5. The molecule has 0 aliphatic heterocycles. The molecule has 0 aliphatic carbocycles. The quantitative estimate of drug-likeness (QED) is 0.709. The standard InChI is InChI=1S/C16H10N4/c17-9-13-2-1-3-16-15(13)5-7-20(16)11-12-4-6-19-14(8-12)10-18/h1-8H,11H2. The van der Waals surface area contributed by atoms with Gasteiger partial charge in [0.15, 0.2) is 0 Å². The fourth-order valence-electron chi connectivity index (χ4n) is 2.29. The maximum atomic E-state index is 9.10. The molecule has 0 amide bonds. The highest BCUT2D eigenvalue weighted by Crippen LogP contribution is 2.20. The zero-order valence-electron chi connectivity index (χ0n) is 10.6. The van der Waals surface area contributed by atoms with Crippen molar-refractivity contribution in [2.45, 2.75) is 6.54 Å². The lowest BCUT2D eigenvalue weighted by atomic mass is 10.1. The average molecular weight is 258 g/mol. The molecular formula is C16H10N4. The van der Waals surface area contributed by atoms with E-state index in [2.05, 4.69) is 15.6 Å². The Kier molecular flexibility index (Phi) is 2.91. The third kappa shape index (κ3) is 2.00. The number of hydrogen-bond donors (Lipinski definition) is 0. The van der Waals surface area contributed by atoms with Crippen LogP contribution < -0.4 is 0 Å². The van der Waals surface area contributed by atoms with Crippen molar-refractivity contribution in [1.82, 2.24) is 9.55 Å². The molecule has 1 aromatic carbocycles. The third-order valence-corrected chi connectivity index (χ3v) is 3.23. The Balaban J connectivity index is 2.04. The first-order valence-electron chi connectivity index (χ1n) is 6.15. The molecule has 4 nitrogen and oxygen atoms in total. The largest absolute Gasteiger partial charge is 0.343 e. The first-order valence-corrected chi connectivity index (χ1v) is 6.15. The second-order valence-corrected chi connectivity index (χ2v) is 4.45. The van der Waals surface area contributed by atoms with Crippen LogP contribution in [0.2, 0.25) is 0 Å². The van der Waals surface area contributed by atoms with Crippen molar-refractivity contribution in [1.29, 1.82) is 10.5 Å². The second-order valence-electron chi connectivity index (χ2n) is 4.45. The van der Waals surface area contributed by atoms with E-state index in [-0.39, 0.29) is 0 Å². The molecule has 0 atom stereocenters. The van der Waals surface area contributed by atoms with Crippen LogP contribution in [-0.4, -0.2) is 9.55 Å². The van der Waals surface area contributed by atoms with Gasteiger partial charge in [0, 0.05) is 29.8 Å². The van der Waals surface area contributed by atoms with Crippen LogP contribution in [0.25, 0.3) is 10.9 Å². The Hall–Kier alpha value is -3.11. The van der Waals surface area contributed by atoms with E-state index in [0.29, 0.717) is 17.8 Å². The van der Waals surface area contributed by atoms with Crippen molar-refractivity contribution in [3.05, 3.63) is 65.6 Å². The normalized spacial score (nSPS) is 10.1. The Morgan fingerprint density at radius 1 is 1.10 bits per heavy atom. The van der Waals surface area contributed by atoms with Crippen LogP contribution in [0.5, 0.6) is 0 Å². The van der Waals surface area contributed by atoms with Crippen LogP contribution in [0.1, 0.15) is 16.8 Å². The van der Waals surface area contributed by atoms with Gasteiger partial charge in [0.05, 0.1) is 11.6 Å². The highest BCUT2D eigenvalue weighted by Gasteiger charge is 2.06. The average Bonchev–Trinajstić information content (AvgIpc) is 2.90. The van der Waals surface area contributed by atoms with E-state index in [1.807, 2.05) is 42.6 Å². The molecule has 0 saturated carbocycles. The zero-order chi connectivity index (χ0) is 13.9.